The summed E-state index contributed by atoms with van der Waals surface area (Å²) < 4.78 is 3.04. The quantitative estimate of drug-likeness (QED) is 0.834. The molecule has 24 heavy (non-hydrogen) atoms. The Bertz CT molecular complexity index is 906. The second-order valence-corrected chi connectivity index (χ2v) is 6.09. The molecule has 1 aromatic heterocycles. The Balaban J connectivity index is 1.88. The van der Waals surface area contributed by atoms with Crippen LogP contribution in [0.15, 0.2) is 35.1 Å². The van der Waals surface area contributed by atoms with Gasteiger partial charge >= 0.3 is 11.7 Å². The van der Waals surface area contributed by atoms with Crippen molar-refractivity contribution < 1.29 is 14.7 Å². The summed E-state index contributed by atoms with van der Waals surface area (Å²) >= 11 is 0. The van der Waals surface area contributed by atoms with Gasteiger partial charge in [0.2, 0.25) is 5.91 Å². The molecule has 1 heterocycles. The molecule has 0 spiro atoms. The monoisotopic (exact) mass is 329 g/mol. The summed E-state index contributed by atoms with van der Waals surface area (Å²) in [6.45, 7) is 0. The van der Waals surface area contributed by atoms with E-state index >= 15 is 0 Å². The number of hydrogen-bond donors (Lipinski definition) is 2. The zero-order valence-corrected chi connectivity index (χ0v) is 13.5. The molecule has 2 N–H and O–H groups in total. The highest BCUT2D eigenvalue weighted by atomic mass is 16.4. The maximum atomic E-state index is 12.5. The van der Waals surface area contributed by atoms with Gasteiger partial charge in [-0.2, -0.15) is 0 Å². The summed E-state index contributed by atoms with van der Waals surface area (Å²) in [4.78, 5) is 35.8. The number of fused-ring (bicyclic) bond motifs is 1. The predicted molar refractivity (Wildman–Crippen MR) is 89.8 cm³/mol. The minimum atomic E-state index is -0.958. The Labute approximate surface area is 138 Å². The lowest BCUT2D eigenvalue weighted by molar-refractivity contribution is -0.146. The number of carbonyl (C=O) groups is 2. The highest BCUT2D eigenvalue weighted by Crippen LogP contribution is 2.27. The maximum Gasteiger partial charge on any atom is 0.328 e. The van der Waals surface area contributed by atoms with E-state index in [2.05, 4.69) is 5.32 Å². The van der Waals surface area contributed by atoms with Gasteiger partial charge in [-0.3, -0.25) is 18.7 Å². The van der Waals surface area contributed by atoms with E-state index in [0.717, 1.165) is 5.52 Å². The maximum absolute atomic E-state index is 12.5. The molecule has 2 unspecified atom stereocenters. The average Bonchev–Trinajstić information content (AvgIpc) is 2.79. The SMILES string of the molecule is Cn1c(=O)n(C)c2cc(NC(=O)C3CC=CCC3C(=O)O)ccc21. The van der Waals surface area contributed by atoms with Crippen LogP contribution in [0.25, 0.3) is 11.0 Å². The van der Waals surface area contributed by atoms with Crippen LogP contribution in [-0.4, -0.2) is 26.1 Å². The zero-order valence-electron chi connectivity index (χ0n) is 13.5. The van der Waals surface area contributed by atoms with Gasteiger partial charge in [-0.25, -0.2) is 4.79 Å². The number of hydrogen-bond acceptors (Lipinski definition) is 3. The predicted octanol–water partition coefficient (Wildman–Crippen LogP) is 1.48. The Morgan fingerprint density at radius 2 is 1.71 bits per heavy atom. The molecule has 1 amide bonds. The van der Waals surface area contributed by atoms with Crippen LogP contribution in [0.3, 0.4) is 0 Å². The van der Waals surface area contributed by atoms with Crippen molar-refractivity contribution in [3.05, 3.63) is 40.8 Å². The van der Waals surface area contributed by atoms with Gasteiger partial charge in [-0.05, 0) is 31.0 Å². The number of imidazole rings is 1. The van der Waals surface area contributed by atoms with Crippen LogP contribution in [0.1, 0.15) is 12.8 Å². The summed E-state index contributed by atoms with van der Waals surface area (Å²) in [5, 5.41) is 12.1. The van der Waals surface area contributed by atoms with E-state index in [4.69, 9.17) is 0 Å². The Morgan fingerprint density at radius 3 is 2.38 bits per heavy atom. The normalized spacial score (nSPS) is 20.2. The molecule has 7 nitrogen and oxygen atoms in total. The van der Waals surface area contributed by atoms with E-state index < -0.39 is 17.8 Å². The van der Waals surface area contributed by atoms with E-state index in [-0.39, 0.29) is 11.6 Å². The third-order valence-electron chi connectivity index (χ3n) is 4.63. The molecule has 3 rings (SSSR count). The van der Waals surface area contributed by atoms with Crippen LogP contribution in [0.5, 0.6) is 0 Å². The number of aromatic nitrogens is 2. The molecule has 0 fully saturated rings. The van der Waals surface area contributed by atoms with Gasteiger partial charge in [-0.15, -0.1) is 0 Å². The molecule has 2 atom stereocenters. The number of carboxylic acid groups (broad SMARTS) is 1. The number of aliphatic carboxylic acids is 1. The second kappa shape index (κ2) is 5.99. The smallest absolute Gasteiger partial charge is 0.328 e. The first-order valence-corrected chi connectivity index (χ1v) is 7.74. The number of nitrogens with one attached hydrogen (secondary N) is 1. The van der Waals surface area contributed by atoms with Crippen molar-refractivity contribution in [1.82, 2.24) is 9.13 Å². The van der Waals surface area contributed by atoms with Crippen molar-refractivity contribution in [1.29, 1.82) is 0 Å². The average molecular weight is 329 g/mol. The van der Waals surface area contributed by atoms with E-state index in [0.29, 0.717) is 24.0 Å². The molecule has 1 aromatic carbocycles. The van der Waals surface area contributed by atoms with Crippen molar-refractivity contribution in [2.75, 3.05) is 5.32 Å². The van der Waals surface area contributed by atoms with Crippen molar-refractivity contribution >= 4 is 28.6 Å². The number of carboxylic acids is 1. The minimum Gasteiger partial charge on any atom is -0.481 e. The number of nitrogens with zero attached hydrogens (tertiary/aromatic N) is 2. The number of benzene rings is 1. The van der Waals surface area contributed by atoms with Gasteiger partial charge in [0.15, 0.2) is 0 Å². The van der Waals surface area contributed by atoms with Gasteiger partial charge in [0.25, 0.3) is 0 Å². The fraction of sp³-hybridized carbons (Fsp3) is 0.353. The summed E-state index contributed by atoms with van der Waals surface area (Å²) in [5.74, 6) is -2.57. The van der Waals surface area contributed by atoms with Crippen LogP contribution < -0.4 is 11.0 Å². The molecule has 1 aliphatic rings. The third-order valence-corrected chi connectivity index (χ3v) is 4.63. The van der Waals surface area contributed by atoms with Gasteiger partial charge in [0, 0.05) is 19.8 Å². The lowest BCUT2D eigenvalue weighted by atomic mass is 9.82. The fourth-order valence-electron chi connectivity index (χ4n) is 3.20. The number of anilines is 1. The highest BCUT2D eigenvalue weighted by molar-refractivity contribution is 5.97. The molecular weight excluding hydrogens is 310 g/mol. The fourth-order valence-corrected chi connectivity index (χ4v) is 3.20. The first kappa shape index (κ1) is 16.0. The third kappa shape index (κ3) is 2.62. The van der Waals surface area contributed by atoms with Gasteiger partial charge in [0.1, 0.15) is 0 Å². The van der Waals surface area contributed by atoms with Gasteiger partial charge in [-0.1, -0.05) is 12.2 Å². The number of rotatable bonds is 3. The summed E-state index contributed by atoms with van der Waals surface area (Å²) in [6, 6.07) is 5.21. The molecule has 2 aromatic rings. The van der Waals surface area contributed by atoms with Gasteiger partial charge < -0.3 is 10.4 Å². The summed E-state index contributed by atoms with van der Waals surface area (Å²) in [6.07, 6.45) is 4.41. The molecule has 0 radical (unpaired) electrons. The van der Waals surface area contributed by atoms with Gasteiger partial charge in [0.05, 0.1) is 22.9 Å². The van der Waals surface area contributed by atoms with Crippen molar-refractivity contribution in [3.8, 4) is 0 Å². The number of allylic oxidation sites excluding steroid dienone is 2. The van der Waals surface area contributed by atoms with Crippen molar-refractivity contribution in [2.45, 2.75) is 12.8 Å². The van der Waals surface area contributed by atoms with Crippen LogP contribution in [-0.2, 0) is 23.7 Å². The summed E-state index contributed by atoms with van der Waals surface area (Å²) in [7, 11) is 3.36. The topological polar surface area (TPSA) is 93.3 Å². The first-order valence-electron chi connectivity index (χ1n) is 7.74. The highest BCUT2D eigenvalue weighted by Gasteiger charge is 2.33. The Kier molecular flexibility index (Phi) is 4.01. The zero-order chi connectivity index (χ0) is 17.4. The Hall–Kier alpha value is -2.83. The van der Waals surface area contributed by atoms with E-state index in [1.165, 1.54) is 9.13 Å². The molecule has 0 saturated heterocycles. The minimum absolute atomic E-state index is 0.142. The van der Waals surface area contributed by atoms with Crippen molar-refractivity contribution in [3.63, 3.8) is 0 Å². The number of aryl methyl sites for hydroxylation is 2. The second-order valence-electron chi connectivity index (χ2n) is 6.09. The number of carbonyl (C=O) groups excluding carboxylic acids is 1. The molecule has 0 saturated carbocycles. The van der Waals surface area contributed by atoms with E-state index in [9.17, 15) is 19.5 Å². The van der Waals surface area contributed by atoms with Crippen molar-refractivity contribution in [2.24, 2.45) is 25.9 Å². The van der Waals surface area contributed by atoms with Crippen LogP contribution in [0.2, 0.25) is 0 Å². The molecular formula is C17H19N3O4. The molecule has 7 heteroatoms. The van der Waals surface area contributed by atoms with E-state index in [1.807, 2.05) is 6.08 Å². The lowest BCUT2D eigenvalue weighted by Crippen LogP contribution is -2.34. The first-order chi connectivity index (χ1) is 11.4. The molecule has 0 bridgehead atoms. The Morgan fingerprint density at radius 1 is 1.08 bits per heavy atom. The van der Waals surface area contributed by atoms with E-state index in [1.54, 1.807) is 38.4 Å². The van der Waals surface area contributed by atoms with Crippen LogP contribution in [0, 0.1) is 11.8 Å². The molecule has 126 valence electrons. The lowest BCUT2D eigenvalue weighted by Gasteiger charge is -2.24. The van der Waals surface area contributed by atoms with Crippen LogP contribution >= 0.6 is 0 Å². The summed E-state index contributed by atoms with van der Waals surface area (Å²) in [5.41, 5.74) is 1.88. The molecule has 1 aliphatic carbocycles. The number of amides is 1. The standard InChI is InChI=1S/C17H19N3O4/c1-19-13-8-7-10(9-14(13)20(2)17(19)24)18-15(21)11-5-3-4-6-12(11)16(22)23/h3-4,7-9,11-12H,5-6H2,1-2H3,(H,18,21)(H,22,23). The largest absolute Gasteiger partial charge is 0.481 e. The van der Waals surface area contributed by atoms with Crippen LogP contribution in [0.4, 0.5) is 5.69 Å². The molecule has 0 aliphatic heterocycles.